The maximum atomic E-state index is 12.9. The van der Waals surface area contributed by atoms with Crippen molar-refractivity contribution in [3.05, 3.63) is 59.5 Å². The van der Waals surface area contributed by atoms with Gasteiger partial charge in [0.25, 0.3) is 11.0 Å². The molecule has 2 heterocycles. The fraction of sp³-hybridized carbons (Fsp3) is 0.174. The number of hydrogen-bond acceptors (Lipinski definition) is 5. The summed E-state index contributed by atoms with van der Waals surface area (Å²) in [5.41, 5.74) is 3.65. The van der Waals surface area contributed by atoms with E-state index in [1.54, 1.807) is 43.5 Å². The van der Waals surface area contributed by atoms with Gasteiger partial charge in [-0.05, 0) is 36.8 Å². The second-order valence-corrected chi connectivity index (χ2v) is 7.25. The molecule has 0 aliphatic rings. The fourth-order valence-electron chi connectivity index (χ4n) is 3.72. The normalized spacial score (nSPS) is 11.4. The van der Waals surface area contributed by atoms with E-state index < -0.39 is 0 Å². The van der Waals surface area contributed by atoms with Crippen molar-refractivity contribution in [2.75, 3.05) is 13.7 Å². The number of aromatic amines is 1. The Labute approximate surface area is 176 Å². The monoisotopic (exact) mass is 417 g/mol. The average Bonchev–Trinajstić information content (AvgIpc) is 3.23. The van der Waals surface area contributed by atoms with Gasteiger partial charge in [-0.2, -0.15) is 4.73 Å². The highest BCUT2D eigenvalue weighted by molar-refractivity contribution is 5.93. The average molecular weight is 417 g/mol. The Bertz CT molecular complexity index is 1500. The van der Waals surface area contributed by atoms with Gasteiger partial charge in [-0.15, -0.1) is 0 Å². The highest BCUT2D eigenvalue weighted by atomic mass is 16.5. The molecule has 0 fully saturated rings. The summed E-state index contributed by atoms with van der Waals surface area (Å²) >= 11 is 0. The summed E-state index contributed by atoms with van der Waals surface area (Å²) < 4.78 is 13.0. The largest absolute Gasteiger partial charge is 0.493 e. The number of nitrogens with zero attached hydrogens (tertiary/aromatic N) is 3. The predicted molar refractivity (Wildman–Crippen MR) is 117 cm³/mol. The minimum absolute atomic E-state index is 0.327. The number of aromatic nitrogens is 4. The second kappa shape index (κ2) is 7.32. The Kier molecular flexibility index (Phi) is 4.47. The maximum absolute atomic E-state index is 12.9. The lowest BCUT2D eigenvalue weighted by Gasteiger charge is -2.10. The number of rotatable bonds is 5. The smallest absolute Gasteiger partial charge is 0.292 e. The summed E-state index contributed by atoms with van der Waals surface area (Å²) in [6.45, 7) is 2.65. The maximum Gasteiger partial charge on any atom is 0.292 e. The van der Waals surface area contributed by atoms with Crippen LogP contribution < -0.4 is 13.9 Å². The highest BCUT2D eigenvalue weighted by Crippen LogP contribution is 2.33. The Morgan fingerprint density at radius 2 is 1.90 bits per heavy atom. The first-order chi connectivity index (χ1) is 15.1. The summed E-state index contributed by atoms with van der Waals surface area (Å²) in [6, 6.07) is 15.9. The van der Waals surface area contributed by atoms with E-state index in [-0.39, 0.29) is 0 Å². The molecule has 2 aromatic heterocycles. The van der Waals surface area contributed by atoms with Crippen molar-refractivity contribution in [1.29, 1.82) is 0 Å². The molecule has 5 aromatic rings. The molecule has 0 unspecified atom stereocenters. The summed E-state index contributed by atoms with van der Waals surface area (Å²) in [7, 11) is 1.60. The number of hydrogen-bond donors (Lipinski definition) is 2. The van der Waals surface area contributed by atoms with Crippen molar-refractivity contribution < 1.29 is 19.1 Å². The number of para-hydroxylation sites is 2. The van der Waals surface area contributed by atoms with Crippen molar-refractivity contribution >= 4 is 33.1 Å². The van der Waals surface area contributed by atoms with Crippen LogP contribution in [-0.4, -0.2) is 33.6 Å². The van der Waals surface area contributed by atoms with Crippen molar-refractivity contribution in [2.45, 2.75) is 13.3 Å². The molecule has 3 aromatic carbocycles. The molecule has 0 aliphatic heterocycles. The number of methoxy groups -OCH3 is 1. The molecule has 0 atom stereocenters. The van der Waals surface area contributed by atoms with Crippen LogP contribution in [-0.2, 0) is 0 Å². The number of fused-ring (bicyclic) bond motifs is 3. The van der Waals surface area contributed by atoms with E-state index in [0.717, 1.165) is 21.1 Å². The quantitative estimate of drug-likeness (QED) is 0.253. The third-order valence-corrected chi connectivity index (χ3v) is 5.25. The highest BCUT2D eigenvalue weighted by Gasteiger charge is 2.20. The van der Waals surface area contributed by atoms with Crippen molar-refractivity contribution in [1.82, 2.24) is 14.7 Å². The van der Waals surface area contributed by atoms with Crippen LogP contribution in [0.25, 0.3) is 44.5 Å². The van der Waals surface area contributed by atoms with Crippen LogP contribution in [0.15, 0.2) is 54.6 Å². The van der Waals surface area contributed by atoms with Gasteiger partial charge in [0.1, 0.15) is 5.82 Å². The van der Waals surface area contributed by atoms with Crippen LogP contribution in [0.3, 0.4) is 0 Å². The van der Waals surface area contributed by atoms with Gasteiger partial charge in [0.15, 0.2) is 22.5 Å². The molecule has 5 rings (SSSR count). The van der Waals surface area contributed by atoms with Crippen LogP contribution >= 0.6 is 0 Å². The minimum atomic E-state index is 0.327. The first-order valence-electron chi connectivity index (χ1n) is 10.0. The molecule has 0 bridgehead atoms. The molecular formula is C23H21N4O4+. The number of benzene rings is 3. The molecule has 31 heavy (non-hydrogen) atoms. The van der Waals surface area contributed by atoms with Crippen molar-refractivity contribution in [3.8, 4) is 22.9 Å². The SMILES string of the molecule is CCCOc1ccc(-c2nc3cc4c(cc3[nH]2)n(O)c2ccccc2[n+]4=O)cc1OC. The molecule has 2 N–H and O–H groups in total. The lowest BCUT2D eigenvalue weighted by molar-refractivity contribution is -0.433. The van der Waals surface area contributed by atoms with E-state index in [0.29, 0.717) is 57.0 Å². The Balaban J connectivity index is 1.68. The molecule has 8 nitrogen and oxygen atoms in total. The molecule has 0 spiro atoms. The molecule has 0 saturated heterocycles. The van der Waals surface area contributed by atoms with Crippen LogP contribution in [0.2, 0.25) is 0 Å². The topological polar surface area (TPSA) is 95.3 Å². The third kappa shape index (κ3) is 3.04. The van der Waals surface area contributed by atoms with E-state index in [1.165, 1.54) is 0 Å². The minimum Gasteiger partial charge on any atom is -0.493 e. The van der Waals surface area contributed by atoms with Crippen LogP contribution in [0, 0.1) is 4.91 Å². The molecular weight excluding hydrogens is 396 g/mol. The van der Waals surface area contributed by atoms with Crippen LogP contribution in [0.4, 0.5) is 0 Å². The number of imidazole rings is 1. The van der Waals surface area contributed by atoms with Crippen molar-refractivity contribution in [3.63, 3.8) is 0 Å². The van der Waals surface area contributed by atoms with Crippen LogP contribution in [0.1, 0.15) is 13.3 Å². The molecule has 0 aliphatic carbocycles. The van der Waals surface area contributed by atoms with Gasteiger partial charge in [0.05, 0.1) is 29.2 Å². The van der Waals surface area contributed by atoms with Gasteiger partial charge < -0.3 is 19.7 Å². The van der Waals surface area contributed by atoms with E-state index in [1.807, 2.05) is 25.1 Å². The molecule has 8 heteroatoms. The van der Waals surface area contributed by atoms with E-state index in [4.69, 9.17) is 9.47 Å². The van der Waals surface area contributed by atoms with Gasteiger partial charge in [0.2, 0.25) is 0 Å². The molecule has 0 amide bonds. The van der Waals surface area contributed by atoms with Gasteiger partial charge in [-0.25, -0.2) is 4.98 Å². The Hall–Kier alpha value is -4.07. The fourth-order valence-corrected chi connectivity index (χ4v) is 3.72. The van der Waals surface area contributed by atoms with E-state index in [9.17, 15) is 10.1 Å². The van der Waals surface area contributed by atoms with Gasteiger partial charge >= 0.3 is 0 Å². The second-order valence-electron chi connectivity index (χ2n) is 7.25. The summed E-state index contributed by atoms with van der Waals surface area (Å²) in [5.74, 6) is 1.92. The predicted octanol–water partition coefficient (Wildman–Crippen LogP) is 4.29. The van der Waals surface area contributed by atoms with Gasteiger partial charge in [-0.3, -0.25) is 0 Å². The summed E-state index contributed by atoms with van der Waals surface area (Å²) in [4.78, 5) is 20.8. The summed E-state index contributed by atoms with van der Waals surface area (Å²) in [6.07, 6.45) is 0.904. The first kappa shape index (κ1) is 18.9. The zero-order valence-electron chi connectivity index (χ0n) is 17.1. The number of ether oxygens (including phenoxy) is 2. The van der Waals surface area contributed by atoms with E-state index >= 15 is 0 Å². The van der Waals surface area contributed by atoms with Crippen LogP contribution in [0.5, 0.6) is 11.5 Å². The summed E-state index contributed by atoms with van der Waals surface area (Å²) in [5, 5.41) is 10.7. The third-order valence-electron chi connectivity index (χ3n) is 5.25. The Morgan fingerprint density at radius 3 is 2.71 bits per heavy atom. The zero-order valence-corrected chi connectivity index (χ0v) is 17.1. The van der Waals surface area contributed by atoms with E-state index in [2.05, 4.69) is 9.97 Å². The lowest BCUT2D eigenvalue weighted by atomic mass is 10.2. The van der Waals surface area contributed by atoms with Gasteiger partial charge in [0, 0.05) is 22.6 Å². The number of nitrogens with one attached hydrogen (secondary N) is 1. The molecule has 0 saturated carbocycles. The van der Waals surface area contributed by atoms with Crippen molar-refractivity contribution in [2.24, 2.45) is 0 Å². The molecule has 156 valence electrons. The number of H-pyrrole nitrogens is 1. The molecule has 0 radical (unpaired) electrons. The first-order valence-corrected chi connectivity index (χ1v) is 10.0. The Morgan fingerprint density at radius 1 is 1.06 bits per heavy atom. The lowest BCUT2D eigenvalue weighted by Crippen LogP contribution is -2.20. The standard InChI is InChI=1S/C23H21N4O4/c1-3-10-31-21-9-8-14(11-22(21)30-2)23-24-15-12-19-20(13-16(15)25-23)27(29)18-7-5-4-6-17(18)26(19)28/h4-9,11-13,28H,3,10H2,1-2H3,(H,24,25)/q+1. The zero-order chi connectivity index (χ0) is 21.5. The van der Waals surface area contributed by atoms with Gasteiger partial charge in [-0.1, -0.05) is 19.1 Å².